The number of anilines is 2. The van der Waals surface area contributed by atoms with Crippen molar-refractivity contribution in [3.05, 3.63) is 29.3 Å². The number of nitriles is 1. The molecule has 4 nitrogen and oxygen atoms in total. The average molecular weight is 276 g/mol. The molecule has 18 heavy (non-hydrogen) atoms. The number of rotatable bonds is 4. The van der Waals surface area contributed by atoms with Gasteiger partial charge in [0, 0.05) is 5.69 Å². The Morgan fingerprint density at radius 1 is 1.33 bits per heavy atom. The Morgan fingerprint density at radius 3 is 2.72 bits per heavy atom. The molecule has 1 N–H and O–H groups in total. The fraction of sp³-hybridized carbons (Fsp3) is 0.250. The van der Waals surface area contributed by atoms with Crippen LogP contribution in [0.4, 0.5) is 10.8 Å². The van der Waals surface area contributed by atoms with Gasteiger partial charge in [0.05, 0.1) is 11.8 Å². The summed E-state index contributed by atoms with van der Waals surface area (Å²) in [6.45, 7) is 4.11. The molecule has 0 atom stereocenters. The first-order chi connectivity index (χ1) is 8.70. The van der Waals surface area contributed by atoms with Crippen LogP contribution in [0.25, 0.3) is 0 Å². The van der Waals surface area contributed by atoms with E-state index >= 15 is 0 Å². The fourth-order valence-corrected chi connectivity index (χ4v) is 2.95. The van der Waals surface area contributed by atoms with Crippen LogP contribution in [-0.4, -0.2) is 16.0 Å². The number of hydrogen-bond donors (Lipinski definition) is 1. The average Bonchev–Trinajstić information content (AvgIpc) is 2.79. The van der Waals surface area contributed by atoms with Crippen molar-refractivity contribution in [2.24, 2.45) is 0 Å². The van der Waals surface area contributed by atoms with Crippen LogP contribution in [-0.2, 0) is 0 Å². The SMILES string of the molecule is Cc1cccc(C)c1Nc1nnc(SCC#N)s1. The van der Waals surface area contributed by atoms with Crippen molar-refractivity contribution < 1.29 is 0 Å². The molecule has 0 aliphatic rings. The number of para-hydroxylation sites is 1. The summed E-state index contributed by atoms with van der Waals surface area (Å²) in [6, 6.07) is 8.22. The van der Waals surface area contributed by atoms with Crippen molar-refractivity contribution in [3.8, 4) is 6.07 Å². The molecular formula is C12H12N4S2. The van der Waals surface area contributed by atoms with Crippen molar-refractivity contribution in [2.45, 2.75) is 18.2 Å². The standard InChI is InChI=1S/C12H12N4S2/c1-8-4-3-5-9(2)10(8)14-11-15-16-12(18-11)17-7-6-13/h3-5H,7H2,1-2H3,(H,14,15). The van der Waals surface area contributed by atoms with Crippen molar-refractivity contribution >= 4 is 33.9 Å². The maximum atomic E-state index is 8.51. The van der Waals surface area contributed by atoms with Gasteiger partial charge in [-0.25, -0.2) is 0 Å². The maximum absolute atomic E-state index is 8.51. The van der Waals surface area contributed by atoms with Gasteiger partial charge in [0.25, 0.3) is 0 Å². The van der Waals surface area contributed by atoms with Gasteiger partial charge in [-0.2, -0.15) is 5.26 Å². The van der Waals surface area contributed by atoms with Crippen molar-refractivity contribution in [1.29, 1.82) is 5.26 Å². The lowest BCUT2D eigenvalue weighted by Crippen LogP contribution is -1.95. The molecule has 0 aliphatic carbocycles. The van der Waals surface area contributed by atoms with Crippen LogP contribution in [0.5, 0.6) is 0 Å². The summed E-state index contributed by atoms with van der Waals surface area (Å²) < 4.78 is 0.810. The third-order valence-electron chi connectivity index (χ3n) is 2.38. The van der Waals surface area contributed by atoms with Crippen LogP contribution in [0.2, 0.25) is 0 Å². The molecule has 6 heteroatoms. The summed E-state index contributed by atoms with van der Waals surface area (Å²) in [5, 5.41) is 20.7. The molecule has 0 amide bonds. The number of nitrogens with one attached hydrogen (secondary N) is 1. The van der Waals surface area contributed by atoms with Crippen LogP contribution in [0, 0.1) is 25.2 Å². The highest BCUT2D eigenvalue weighted by Crippen LogP contribution is 2.29. The van der Waals surface area contributed by atoms with Gasteiger partial charge < -0.3 is 5.32 Å². The molecule has 0 bridgehead atoms. The largest absolute Gasteiger partial charge is 0.330 e. The zero-order valence-corrected chi connectivity index (χ0v) is 11.7. The normalized spacial score (nSPS) is 10.1. The second-order valence-corrected chi connectivity index (χ2v) is 5.91. The molecular weight excluding hydrogens is 264 g/mol. The Balaban J connectivity index is 2.14. The summed E-state index contributed by atoms with van der Waals surface area (Å²) in [6.07, 6.45) is 0. The molecule has 92 valence electrons. The van der Waals surface area contributed by atoms with E-state index in [9.17, 15) is 0 Å². The summed E-state index contributed by atoms with van der Waals surface area (Å²) in [5.74, 6) is 0.401. The van der Waals surface area contributed by atoms with Crippen molar-refractivity contribution in [2.75, 3.05) is 11.1 Å². The van der Waals surface area contributed by atoms with Gasteiger partial charge in [0.15, 0.2) is 4.34 Å². The van der Waals surface area contributed by atoms with Gasteiger partial charge in [-0.3, -0.25) is 0 Å². The fourth-order valence-electron chi connectivity index (χ4n) is 1.53. The minimum Gasteiger partial charge on any atom is -0.330 e. The van der Waals surface area contributed by atoms with Gasteiger partial charge >= 0.3 is 0 Å². The van der Waals surface area contributed by atoms with E-state index in [2.05, 4.69) is 47.6 Å². The lowest BCUT2D eigenvalue weighted by atomic mass is 10.1. The van der Waals surface area contributed by atoms with E-state index in [0.29, 0.717) is 5.75 Å². The highest BCUT2D eigenvalue weighted by Gasteiger charge is 2.07. The van der Waals surface area contributed by atoms with Crippen LogP contribution in [0.1, 0.15) is 11.1 Å². The highest BCUT2D eigenvalue weighted by molar-refractivity contribution is 8.01. The molecule has 0 unspecified atom stereocenters. The summed E-state index contributed by atoms with van der Waals surface area (Å²) >= 11 is 2.87. The Bertz CT molecular complexity index is 566. The molecule has 0 spiro atoms. The Labute approximate surface area is 114 Å². The smallest absolute Gasteiger partial charge is 0.210 e. The predicted octanol–water partition coefficient (Wildman–Crippen LogP) is 3.51. The number of nitrogens with zero attached hydrogens (tertiary/aromatic N) is 3. The topological polar surface area (TPSA) is 61.6 Å². The van der Waals surface area contributed by atoms with Crippen LogP contribution >= 0.6 is 23.1 Å². The van der Waals surface area contributed by atoms with Gasteiger partial charge in [-0.05, 0) is 25.0 Å². The molecule has 1 aromatic heterocycles. The lowest BCUT2D eigenvalue weighted by Gasteiger charge is -2.09. The number of aryl methyl sites for hydroxylation is 2. The van der Waals surface area contributed by atoms with E-state index in [1.807, 2.05) is 6.07 Å². The molecule has 1 aromatic carbocycles. The summed E-state index contributed by atoms with van der Waals surface area (Å²) in [7, 11) is 0. The van der Waals surface area contributed by atoms with Gasteiger partial charge in [0.2, 0.25) is 5.13 Å². The Hall–Kier alpha value is -1.58. The number of thioether (sulfide) groups is 1. The van der Waals surface area contributed by atoms with Crippen LogP contribution in [0.15, 0.2) is 22.5 Å². The van der Waals surface area contributed by atoms with Crippen molar-refractivity contribution in [3.63, 3.8) is 0 Å². The summed E-state index contributed by atoms with van der Waals surface area (Å²) in [4.78, 5) is 0. The molecule has 0 radical (unpaired) electrons. The molecule has 2 rings (SSSR count). The first kappa shape index (κ1) is 12.9. The monoisotopic (exact) mass is 276 g/mol. The van der Waals surface area contributed by atoms with Gasteiger partial charge in [0.1, 0.15) is 0 Å². The molecule has 1 heterocycles. The Morgan fingerprint density at radius 2 is 2.06 bits per heavy atom. The zero-order chi connectivity index (χ0) is 13.0. The number of aromatic nitrogens is 2. The summed E-state index contributed by atoms with van der Waals surface area (Å²) in [5.41, 5.74) is 3.43. The third-order valence-corrected chi connectivity index (χ3v) is 4.22. The van der Waals surface area contributed by atoms with E-state index in [0.717, 1.165) is 15.2 Å². The zero-order valence-electron chi connectivity index (χ0n) is 10.1. The van der Waals surface area contributed by atoms with Gasteiger partial charge in [-0.1, -0.05) is 41.3 Å². The molecule has 2 aromatic rings. The second-order valence-electron chi connectivity index (χ2n) is 3.71. The Kier molecular flexibility index (Phi) is 4.18. The molecule has 0 saturated heterocycles. The van der Waals surface area contributed by atoms with E-state index in [1.165, 1.54) is 34.2 Å². The number of hydrogen-bond acceptors (Lipinski definition) is 6. The van der Waals surface area contributed by atoms with Crippen molar-refractivity contribution in [1.82, 2.24) is 10.2 Å². The van der Waals surface area contributed by atoms with E-state index in [1.54, 1.807) is 0 Å². The lowest BCUT2D eigenvalue weighted by molar-refractivity contribution is 1.01. The van der Waals surface area contributed by atoms with E-state index < -0.39 is 0 Å². The third kappa shape index (κ3) is 3.00. The highest BCUT2D eigenvalue weighted by atomic mass is 32.2. The predicted molar refractivity (Wildman–Crippen MR) is 75.4 cm³/mol. The minimum atomic E-state index is 0.401. The molecule has 0 fully saturated rings. The maximum Gasteiger partial charge on any atom is 0.210 e. The van der Waals surface area contributed by atoms with Crippen LogP contribution in [0.3, 0.4) is 0 Å². The minimum absolute atomic E-state index is 0.401. The van der Waals surface area contributed by atoms with Crippen LogP contribution < -0.4 is 5.32 Å². The second kappa shape index (κ2) is 5.85. The first-order valence-electron chi connectivity index (χ1n) is 5.37. The number of benzene rings is 1. The van der Waals surface area contributed by atoms with E-state index in [-0.39, 0.29) is 0 Å². The molecule has 0 aliphatic heterocycles. The van der Waals surface area contributed by atoms with Gasteiger partial charge in [-0.15, -0.1) is 10.2 Å². The quantitative estimate of drug-likeness (QED) is 0.866. The van der Waals surface area contributed by atoms with E-state index in [4.69, 9.17) is 5.26 Å². The first-order valence-corrected chi connectivity index (χ1v) is 7.17. The molecule has 0 saturated carbocycles.